The number of H-pyrrole nitrogens is 1. The lowest BCUT2D eigenvalue weighted by Gasteiger charge is -2.19. The van der Waals surface area contributed by atoms with Crippen LogP contribution >= 0.6 is 0 Å². The number of rotatable bonds is 5. The van der Waals surface area contributed by atoms with Gasteiger partial charge in [-0.1, -0.05) is 24.3 Å². The first-order valence-corrected chi connectivity index (χ1v) is 7.78. The number of carbonyl (C=O) groups is 1. The Balaban J connectivity index is 1.77. The summed E-state index contributed by atoms with van der Waals surface area (Å²) in [6, 6.07) is 10.6. The number of aromatic amines is 1. The van der Waals surface area contributed by atoms with E-state index in [0.29, 0.717) is 11.1 Å². The fraction of sp³-hybridized carbons (Fsp3) is 0.211. The second-order valence-electron chi connectivity index (χ2n) is 5.90. The Labute approximate surface area is 138 Å². The van der Waals surface area contributed by atoms with Gasteiger partial charge in [0.05, 0.1) is 6.04 Å². The topological polar surface area (TPSA) is 44.9 Å². The molecule has 3 aromatic rings. The molecule has 2 N–H and O–H groups in total. The van der Waals surface area contributed by atoms with E-state index in [4.69, 9.17) is 0 Å². The molecule has 0 saturated heterocycles. The minimum Gasteiger partial charge on any atom is -0.360 e. The summed E-state index contributed by atoms with van der Waals surface area (Å²) in [6.45, 7) is 3.58. The predicted molar refractivity (Wildman–Crippen MR) is 90.0 cm³/mol. The van der Waals surface area contributed by atoms with Crippen molar-refractivity contribution < 1.29 is 13.6 Å². The molecule has 5 heteroatoms. The monoisotopic (exact) mass is 328 g/mol. The fourth-order valence-corrected chi connectivity index (χ4v) is 2.84. The SMILES string of the molecule is C[C@H](N[C@H](C)C(=O)c1c[nH]c2ccccc12)c1ccc(F)c(F)c1. The summed E-state index contributed by atoms with van der Waals surface area (Å²) in [5.74, 6) is -1.83. The summed E-state index contributed by atoms with van der Waals surface area (Å²) in [7, 11) is 0. The largest absolute Gasteiger partial charge is 0.360 e. The molecule has 124 valence electrons. The molecule has 0 radical (unpaired) electrons. The third-order valence-electron chi connectivity index (χ3n) is 4.19. The van der Waals surface area contributed by atoms with Crippen molar-refractivity contribution in [3.63, 3.8) is 0 Å². The van der Waals surface area contributed by atoms with Crippen molar-refractivity contribution in [3.8, 4) is 0 Å². The highest BCUT2D eigenvalue weighted by atomic mass is 19.2. The number of benzene rings is 2. The van der Waals surface area contributed by atoms with Gasteiger partial charge in [-0.15, -0.1) is 0 Å². The van der Waals surface area contributed by atoms with E-state index in [1.54, 1.807) is 13.1 Å². The van der Waals surface area contributed by atoms with Crippen molar-refractivity contribution in [2.45, 2.75) is 25.9 Å². The van der Waals surface area contributed by atoms with Crippen molar-refractivity contribution in [1.29, 1.82) is 0 Å². The number of aromatic nitrogens is 1. The molecule has 3 rings (SSSR count). The summed E-state index contributed by atoms with van der Waals surface area (Å²) in [5, 5.41) is 4.01. The molecule has 0 saturated carbocycles. The Bertz CT molecular complexity index is 888. The normalized spacial score (nSPS) is 13.8. The van der Waals surface area contributed by atoms with Gasteiger partial charge in [-0.2, -0.15) is 0 Å². The molecule has 0 aliphatic rings. The van der Waals surface area contributed by atoms with Crippen molar-refractivity contribution in [3.05, 3.63) is 71.4 Å². The Morgan fingerprint density at radius 2 is 1.83 bits per heavy atom. The van der Waals surface area contributed by atoms with Crippen LogP contribution in [0.25, 0.3) is 10.9 Å². The summed E-state index contributed by atoms with van der Waals surface area (Å²) in [5.41, 5.74) is 2.11. The first-order chi connectivity index (χ1) is 11.5. The van der Waals surface area contributed by atoms with Crippen molar-refractivity contribution >= 4 is 16.7 Å². The second-order valence-corrected chi connectivity index (χ2v) is 5.90. The van der Waals surface area contributed by atoms with Crippen LogP contribution < -0.4 is 5.32 Å². The Morgan fingerprint density at radius 3 is 2.58 bits per heavy atom. The summed E-state index contributed by atoms with van der Waals surface area (Å²) in [4.78, 5) is 15.8. The average molecular weight is 328 g/mol. The number of fused-ring (bicyclic) bond motifs is 1. The lowest BCUT2D eigenvalue weighted by molar-refractivity contribution is 0.0947. The van der Waals surface area contributed by atoms with E-state index < -0.39 is 17.7 Å². The average Bonchev–Trinajstić information content (AvgIpc) is 3.00. The number of nitrogens with one attached hydrogen (secondary N) is 2. The molecule has 24 heavy (non-hydrogen) atoms. The second kappa shape index (κ2) is 6.53. The van der Waals surface area contributed by atoms with Crippen LogP contribution in [0.3, 0.4) is 0 Å². The molecule has 0 spiro atoms. The molecular weight excluding hydrogens is 310 g/mol. The highest BCUT2D eigenvalue weighted by Gasteiger charge is 2.21. The molecule has 2 atom stereocenters. The zero-order valence-electron chi connectivity index (χ0n) is 13.4. The quantitative estimate of drug-likeness (QED) is 0.683. The minimum atomic E-state index is -0.892. The van der Waals surface area contributed by atoms with E-state index in [2.05, 4.69) is 10.3 Å². The van der Waals surface area contributed by atoms with E-state index in [1.165, 1.54) is 6.07 Å². The van der Waals surface area contributed by atoms with Gasteiger partial charge in [-0.25, -0.2) is 8.78 Å². The lowest BCUT2D eigenvalue weighted by atomic mass is 10.0. The Hall–Kier alpha value is -2.53. The van der Waals surface area contributed by atoms with Crippen LogP contribution in [-0.2, 0) is 0 Å². The van der Waals surface area contributed by atoms with E-state index in [0.717, 1.165) is 23.0 Å². The zero-order chi connectivity index (χ0) is 17.3. The molecule has 0 fully saturated rings. The number of carbonyl (C=O) groups excluding carboxylic acids is 1. The highest BCUT2D eigenvalue weighted by Crippen LogP contribution is 2.21. The molecule has 1 heterocycles. The van der Waals surface area contributed by atoms with Crippen LogP contribution in [0.1, 0.15) is 35.8 Å². The summed E-state index contributed by atoms with van der Waals surface area (Å²) >= 11 is 0. The molecular formula is C19H18F2N2O. The number of para-hydroxylation sites is 1. The van der Waals surface area contributed by atoms with Gasteiger partial charge >= 0.3 is 0 Å². The van der Waals surface area contributed by atoms with E-state index in [1.807, 2.05) is 31.2 Å². The van der Waals surface area contributed by atoms with E-state index in [9.17, 15) is 13.6 Å². The minimum absolute atomic E-state index is 0.0538. The Kier molecular flexibility index (Phi) is 4.44. The number of halogens is 2. The van der Waals surface area contributed by atoms with Gasteiger partial charge in [0.1, 0.15) is 0 Å². The van der Waals surface area contributed by atoms with Crippen molar-refractivity contribution in [2.75, 3.05) is 0 Å². The van der Waals surface area contributed by atoms with Gasteiger partial charge in [0.2, 0.25) is 0 Å². The van der Waals surface area contributed by atoms with Crippen LogP contribution in [0.4, 0.5) is 8.78 Å². The van der Waals surface area contributed by atoms with Gasteiger partial charge in [0, 0.05) is 28.7 Å². The molecule has 0 amide bonds. The van der Waals surface area contributed by atoms with Gasteiger partial charge in [0.25, 0.3) is 0 Å². The summed E-state index contributed by atoms with van der Waals surface area (Å²) < 4.78 is 26.4. The molecule has 0 unspecified atom stereocenters. The standard InChI is InChI=1S/C19H18F2N2O/c1-11(13-7-8-16(20)17(21)9-13)23-12(2)19(24)15-10-22-18-6-4-3-5-14(15)18/h3-12,22-23H,1-2H3/t11-,12+/m0/s1. The Morgan fingerprint density at radius 1 is 1.08 bits per heavy atom. The van der Waals surface area contributed by atoms with Gasteiger partial charge < -0.3 is 10.3 Å². The van der Waals surface area contributed by atoms with Crippen molar-refractivity contribution in [1.82, 2.24) is 10.3 Å². The van der Waals surface area contributed by atoms with Crippen LogP contribution in [0, 0.1) is 11.6 Å². The molecule has 0 aliphatic heterocycles. The number of hydrogen-bond donors (Lipinski definition) is 2. The molecule has 0 bridgehead atoms. The third kappa shape index (κ3) is 3.08. The first-order valence-electron chi connectivity index (χ1n) is 7.78. The van der Waals surface area contributed by atoms with E-state index in [-0.39, 0.29) is 11.8 Å². The molecule has 1 aromatic heterocycles. The van der Waals surface area contributed by atoms with Crippen LogP contribution in [0.5, 0.6) is 0 Å². The maximum Gasteiger partial charge on any atom is 0.181 e. The van der Waals surface area contributed by atoms with Crippen LogP contribution in [0.2, 0.25) is 0 Å². The van der Waals surface area contributed by atoms with Gasteiger partial charge in [0.15, 0.2) is 17.4 Å². The van der Waals surface area contributed by atoms with Crippen LogP contribution in [-0.4, -0.2) is 16.8 Å². The number of Topliss-reactive ketones (excluding diaryl/α,β-unsaturated/α-hetero) is 1. The fourth-order valence-electron chi connectivity index (χ4n) is 2.84. The predicted octanol–water partition coefficient (Wildman–Crippen LogP) is 4.37. The molecule has 2 aromatic carbocycles. The maximum absolute atomic E-state index is 13.4. The van der Waals surface area contributed by atoms with Crippen LogP contribution in [0.15, 0.2) is 48.7 Å². The number of hydrogen-bond acceptors (Lipinski definition) is 2. The van der Waals surface area contributed by atoms with Crippen molar-refractivity contribution in [2.24, 2.45) is 0 Å². The smallest absolute Gasteiger partial charge is 0.181 e. The third-order valence-corrected chi connectivity index (χ3v) is 4.19. The summed E-state index contributed by atoms with van der Waals surface area (Å²) in [6.07, 6.45) is 1.70. The maximum atomic E-state index is 13.4. The molecule has 3 nitrogen and oxygen atoms in total. The molecule has 0 aliphatic carbocycles. The first kappa shape index (κ1) is 16.3. The van der Waals surface area contributed by atoms with Gasteiger partial charge in [-0.3, -0.25) is 4.79 Å². The van der Waals surface area contributed by atoms with E-state index >= 15 is 0 Å². The lowest BCUT2D eigenvalue weighted by Crippen LogP contribution is -2.35. The number of ketones is 1. The van der Waals surface area contributed by atoms with Gasteiger partial charge in [-0.05, 0) is 37.6 Å². The zero-order valence-corrected chi connectivity index (χ0v) is 13.4. The highest BCUT2D eigenvalue weighted by molar-refractivity contribution is 6.10.